The predicted octanol–water partition coefficient (Wildman–Crippen LogP) is 1.17. The third-order valence-corrected chi connectivity index (χ3v) is 3.82. The third kappa shape index (κ3) is 4.40. The lowest BCUT2D eigenvalue weighted by molar-refractivity contribution is -0.122. The van der Waals surface area contributed by atoms with E-state index >= 15 is 0 Å². The second kappa shape index (κ2) is 6.87. The fourth-order valence-corrected chi connectivity index (χ4v) is 2.93. The smallest absolute Gasteiger partial charge is 0.221 e. The van der Waals surface area contributed by atoms with Gasteiger partial charge in [-0.2, -0.15) is 0 Å². The van der Waals surface area contributed by atoms with Crippen molar-refractivity contribution >= 4 is 17.2 Å². The monoisotopic (exact) mass is 268 g/mol. The highest BCUT2D eigenvalue weighted by atomic mass is 32.1. The van der Waals surface area contributed by atoms with Gasteiger partial charge in [-0.05, 0) is 18.4 Å². The topological polar surface area (TPSA) is 50.4 Å². The first-order chi connectivity index (χ1) is 8.74. The number of carbonyl (C=O) groups excluding carboxylic acids is 1. The molecule has 2 rings (SSSR count). The Balaban J connectivity index is 1.69. The minimum atomic E-state index is 0.0991. The number of thiophene rings is 1. The Morgan fingerprint density at radius 3 is 3.28 bits per heavy atom. The molecular weight excluding hydrogens is 248 g/mol. The molecule has 100 valence electrons. The first-order valence-corrected chi connectivity index (χ1v) is 7.25. The van der Waals surface area contributed by atoms with Gasteiger partial charge < -0.3 is 15.4 Å². The maximum absolute atomic E-state index is 11.8. The van der Waals surface area contributed by atoms with E-state index in [0.717, 1.165) is 19.6 Å². The zero-order chi connectivity index (χ0) is 12.8. The summed E-state index contributed by atoms with van der Waals surface area (Å²) in [4.78, 5) is 13.2. The first kappa shape index (κ1) is 13.5. The van der Waals surface area contributed by atoms with E-state index in [-0.39, 0.29) is 18.0 Å². The summed E-state index contributed by atoms with van der Waals surface area (Å²) in [6, 6.07) is 4.48. The van der Waals surface area contributed by atoms with E-state index in [0.29, 0.717) is 13.0 Å². The Morgan fingerprint density at radius 1 is 1.72 bits per heavy atom. The Bertz CT molecular complexity index is 361. The lowest BCUT2D eigenvalue weighted by atomic mass is 10.1. The van der Waals surface area contributed by atoms with Crippen molar-refractivity contribution in [3.8, 4) is 0 Å². The summed E-state index contributed by atoms with van der Waals surface area (Å²) in [6.45, 7) is 4.25. The van der Waals surface area contributed by atoms with Gasteiger partial charge in [0.05, 0.1) is 13.2 Å². The van der Waals surface area contributed by atoms with Crippen molar-refractivity contribution < 1.29 is 9.53 Å². The second-order valence-corrected chi connectivity index (χ2v) is 5.71. The molecule has 2 atom stereocenters. The molecule has 1 aliphatic heterocycles. The van der Waals surface area contributed by atoms with Crippen molar-refractivity contribution in [1.29, 1.82) is 0 Å². The molecule has 0 radical (unpaired) electrons. The molecule has 1 fully saturated rings. The minimum Gasteiger partial charge on any atom is -0.378 e. The number of hydrogen-bond acceptors (Lipinski definition) is 4. The molecule has 1 amide bonds. The molecule has 0 bridgehead atoms. The zero-order valence-corrected chi connectivity index (χ0v) is 11.5. The van der Waals surface area contributed by atoms with Crippen LogP contribution in [0.25, 0.3) is 0 Å². The summed E-state index contributed by atoms with van der Waals surface area (Å²) in [7, 11) is 0. The maximum atomic E-state index is 11.8. The molecule has 5 heteroatoms. The summed E-state index contributed by atoms with van der Waals surface area (Å²) in [5.74, 6) is 0.0991. The van der Waals surface area contributed by atoms with Gasteiger partial charge in [0.1, 0.15) is 0 Å². The molecule has 0 aliphatic carbocycles. The third-order valence-electron chi connectivity index (χ3n) is 2.93. The predicted molar refractivity (Wildman–Crippen MR) is 72.9 cm³/mol. The van der Waals surface area contributed by atoms with Crippen molar-refractivity contribution in [3.05, 3.63) is 22.4 Å². The zero-order valence-electron chi connectivity index (χ0n) is 10.6. The highest BCUT2D eigenvalue weighted by molar-refractivity contribution is 7.09. The summed E-state index contributed by atoms with van der Waals surface area (Å²) < 4.78 is 5.33. The molecule has 1 aromatic heterocycles. The quantitative estimate of drug-likeness (QED) is 0.843. The van der Waals surface area contributed by atoms with Gasteiger partial charge >= 0.3 is 0 Å². The van der Waals surface area contributed by atoms with Gasteiger partial charge in [-0.3, -0.25) is 4.79 Å². The highest BCUT2D eigenvalue weighted by Gasteiger charge is 2.17. The minimum absolute atomic E-state index is 0.0991. The molecule has 1 aromatic rings. The molecule has 4 nitrogen and oxygen atoms in total. The van der Waals surface area contributed by atoms with Gasteiger partial charge in [-0.25, -0.2) is 0 Å². The van der Waals surface area contributed by atoms with Crippen LogP contribution >= 0.6 is 11.3 Å². The lowest BCUT2D eigenvalue weighted by Gasteiger charge is -2.24. The largest absolute Gasteiger partial charge is 0.378 e. The average molecular weight is 268 g/mol. The Kier molecular flexibility index (Phi) is 5.16. The van der Waals surface area contributed by atoms with Gasteiger partial charge in [0.15, 0.2) is 0 Å². The lowest BCUT2D eigenvalue weighted by Crippen LogP contribution is -2.45. The standard InChI is InChI=1S/C13H20N2O2S/c1-10(7-12-3-2-6-18-12)15-13(16)8-11-9-17-5-4-14-11/h2-3,6,10-11,14H,4-5,7-9H2,1H3,(H,15,16). The molecule has 2 unspecified atom stereocenters. The molecule has 1 aliphatic rings. The van der Waals surface area contributed by atoms with E-state index in [1.54, 1.807) is 11.3 Å². The molecule has 18 heavy (non-hydrogen) atoms. The van der Waals surface area contributed by atoms with Crippen LogP contribution in [0.2, 0.25) is 0 Å². The van der Waals surface area contributed by atoms with E-state index in [9.17, 15) is 4.79 Å². The molecular formula is C13H20N2O2S. The summed E-state index contributed by atoms with van der Waals surface area (Å²) >= 11 is 1.73. The van der Waals surface area contributed by atoms with Crippen molar-refractivity contribution in [2.24, 2.45) is 0 Å². The average Bonchev–Trinajstić information content (AvgIpc) is 2.82. The summed E-state index contributed by atoms with van der Waals surface area (Å²) in [5, 5.41) is 8.39. The van der Waals surface area contributed by atoms with Gasteiger partial charge in [0, 0.05) is 36.3 Å². The van der Waals surface area contributed by atoms with Gasteiger partial charge in [-0.15, -0.1) is 11.3 Å². The Morgan fingerprint density at radius 2 is 2.61 bits per heavy atom. The number of rotatable bonds is 5. The molecule has 0 saturated carbocycles. The number of ether oxygens (including phenoxy) is 1. The van der Waals surface area contributed by atoms with Crippen LogP contribution in [0.3, 0.4) is 0 Å². The number of carbonyl (C=O) groups is 1. The van der Waals surface area contributed by atoms with E-state index in [2.05, 4.69) is 22.1 Å². The normalized spacial score (nSPS) is 21.5. The van der Waals surface area contributed by atoms with Gasteiger partial charge in [-0.1, -0.05) is 6.07 Å². The number of nitrogens with one attached hydrogen (secondary N) is 2. The van der Waals surface area contributed by atoms with Crippen molar-refractivity contribution in [2.75, 3.05) is 19.8 Å². The van der Waals surface area contributed by atoms with Crippen molar-refractivity contribution in [3.63, 3.8) is 0 Å². The van der Waals surface area contributed by atoms with Crippen LogP contribution in [0.5, 0.6) is 0 Å². The Labute approximate surface area is 112 Å². The fraction of sp³-hybridized carbons (Fsp3) is 0.615. The van der Waals surface area contributed by atoms with Crippen LogP contribution in [-0.2, 0) is 16.0 Å². The fourth-order valence-electron chi connectivity index (χ4n) is 2.09. The molecule has 0 spiro atoms. The summed E-state index contributed by atoms with van der Waals surface area (Å²) in [6.07, 6.45) is 1.40. The van der Waals surface area contributed by atoms with Gasteiger partial charge in [0.25, 0.3) is 0 Å². The van der Waals surface area contributed by atoms with Crippen molar-refractivity contribution in [1.82, 2.24) is 10.6 Å². The number of morpholine rings is 1. The van der Waals surface area contributed by atoms with Crippen LogP contribution in [0.1, 0.15) is 18.2 Å². The summed E-state index contributed by atoms with van der Waals surface area (Å²) in [5.41, 5.74) is 0. The van der Waals surface area contributed by atoms with Crippen LogP contribution in [0, 0.1) is 0 Å². The number of hydrogen-bond donors (Lipinski definition) is 2. The molecule has 2 N–H and O–H groups in total. The van der Waals surface area contributed by atoms with E-state index in [1.165, 1.54) is 4.88 Å². The molecule has 1 saturated heterocycles. The van der Waals surface area contributed by atoms with Crippen molar-refractivity contribution in [2.45, 2.75) is 31.8 Å². The maximum Gasteiger partial charge on any atom is 0.221 e. The second-order valence-electron chi connectivity index (χ2n) is 4.68. The highest BCUT2D eigenvalue weighted by Crippen LogP contribution is 2.11. The first-order valence-electron chi connectivity index (χ1n) is 6.37. The molecule has 2 heterocycles. The van der Waals surface area contributed by atoms with E-state index < -0.39 is 0 Å². The van der Waals surface area contributed by atoms with Crippen LogP contribution in [-0.4, -0.2) is 37.7 Å². The van der Waals surface area contributed by atoms with Crippen LogP contribution < -0.4 is 10.6 Å². The van der Waals surface area contributed by atoms with Crippen LogP contribution in [0.4, 0.5) is 0 Å². The van der Waals surface area contributed by atoms with E-state index in [4.69, 9.17) is 4.74 Å². The number of amides is 1. The van der Waals surface area contributed by atoms with Crippen LogP contribution in [0.15, 0.2) is 17.5 Å². The Hall–Kier alpha value is -0.910. The SMILES string of the molecule is CC(Cc1cccs1)NC(=O)CC1COCCN1. The molecule has 0 aromatic carbocycles. The van der Waals surface area contributed by atoms with Gasteiger partial charge in [0.2, 0.25) is 5.91 Å². The van der Waals surface area contributed by atoms with E-state index in [1.807, 2.05) is 13.0 Å².